The summed E-state index contributed by atoms with van der Waals surface area (Å²) in [5, 5.41) is 4.31. The molecule has 1 aliphatic rings. The molecule has 28 heavy (non-hydrogen) atoms. The first-order valence-corrected chi connectivity index (χ1v) is 10.0. The van der Waals surface area contributed by atoms with Gasteiger partial charge in [-0.05, 0) is 61.5 Å². The quantitative estimate of drug-likeness (QED) is 0.661. The summed E-state index contributed by atoms with van der Waals surface area (Å²) in [6.45, 7) is 7.45. The highest BCUT2D eigenvalue weighted by Crippen LogP contribution is 2.40. The molecule has 0 saturated carbocycles. The van der Waals surface area contributed by atoms with Gasteiger partial charge in [0.2, 0.25) is 0 Å². The minimum absolute atomic E-state index is 0.00262. The predicted octanol–water partition coefficient (Wildman–Crippen LogP) is 4.20. The van der Waals surface area contributed by atoms with Gasteiger partial charge < -0.3 is 14.8 Å². The molecule has 0 unspecified atom stereocenters. The largest absolute Gasteiger partial charge is 0.352 e. The molecule has 0 bridgehead atoms. The summed E-state index contributed by atoms with van der Waals surface area (Å²) in [5.74, 6) is 0.493. The van der Waals surface area contributed by atoms with Crippen molar-refractivity contribution in [1.29, 1.82) is 0 Å². The SMILES string of the molecule is Cc1ccc([C@H]2[C@@H](c3ccccn3)NC(=S)N2CC(C)C)n1-c1cccnc1. The average molecular weight is 392 g/mol. The highest BCUT2D eigenvalue weighted by molar-refractivity contribution is 7.80. The van der Waals surface area contributed by atoms with Crippen LogP contribution in [-0.2, 0) is 0 Å². The number of nitrogens with one attached hydrogen (secondary N) is 1. The lowest BCUT2D eigenvalue weighted by atomic mass is 10.0. The van der Waals surface area contributed by atoms with Crippen LogP contribution in [0.25, 0.3) is 5.69 Å². The fourth-order valence-corrected chi connectivity index (χ4v) is 4.26. The monoisotopic (exact) mass is 391 g/mol. The van der Waals surface area contributed by atoms with Crippen LogP contribution in [0.5, 0.6) is 0 Å². The Kier molecular flexibility index (Phi) is 5.13. The fraction of sp³-hybridized carbons (Fsp3) is 0.318. The van der Waals surface area contributed by atoms with E-state index in [4.69, 9.17) is 12.2 Å². The number of hydrogen-bond acceptors (Lipinski definition) is 3. The summed E-state index contributed by atoms with van der Waals surface area (Å²) in [5.41, 5.74) is 4.42. The minimum atomic E-state index is -0.00262. The van der Waals surface area contributed by atoms with Gasteiger partial charge in [-0.2, -0.15) is 0 Å². The normalized spacial score (nSPS) is 19.3. The number of nitrogens with zero attached hydrogens (tertiary/aromatic N) is 4. The van der Waals surface area contributed by atoms with Crippen LogP contribution < -0.4 is 5.32 Å². The Morgan fingerprint density at radius 3 is 2.64 bits per heavy atom. The van der Waals surface area contributed by atoms with Crippen LogP contribution in [0.4, 0.5) is 0 Å². The Balaban J connectivity index is 1.85. The second kappa shape index (κ2) is 7.72. The van der Waals surface area contributed by atoms with Crippen molar-refractivity contribution in [2.24, 2.45) is 5.92 Å². The molecule has 0 radical (unpaired) electrons. The summed E-state index contributed by atoms with van der Waals surface area (Å²) in [6.07, 6.45) is 5.55. The molecule has 0 amide bonds. The zero-order chi connectivity index (χ0) is 19.7. The van der Waals surface area contributed by atoms with E-state index in [9.17, 15) is 0 Å². The molecule has 4 rings (SSSR count). The summed E-state index contributed by atoms with van der Waals surface area (Å²) >= 11 is 5.75. The topological polar surface area (TPSA) is 46.0 Å². The van der Waals surface area contributed by atoms with E-state index in [0.29, 0.717) is 5.92 Å². The number of pyridine rings is 2. The number of thiocarbonyl (C=S) groups is 1. The molecule has 0 aliphatic carbocycles. The number of rotatable bonds is 5. The molecule has 3 aromatic rings. The van der Waals surface area contributed by atoms with Crippen LogP contribution in [0.15, 0.2) is 61.1 Å². The Bertz CT molecular complexity index is 952. The molecule has 5 nitrogen and oxygen atoms in total. The molecular weight excluding hydrogens is 366 g/mol. The van der Waals surface area contributed by atoms with Gasteiger partial charge in [-0.3, -0.25) is 9.97 Å². The molecular formula is C22H25N5S. The van der Waals surface area contributed by atoms with Crippen LogP contribution in [0.1, 0.15) is 43.0 Å². The lowest BCUT2D eigenvalue weighted by Gasteiger charge is -2.30. The van der Waals surface area contributed by atoms with E-state index in [1.165, 1.54) is 11.4 Å². The molecule has 1 saturated heterocycles. The molecule has 0 spiro atoms. The molecule has 3 aromatic heterocycles. The predicted molar refractivity (Wildman–Crippen MR) is 115 cm³/mol. The maximum atomic E-state index is 5.75. The highest BCUT2D eigenvalue weighted by atomic mass is 32.1. The standard InChI is InChI=1S/C22H25N5S/c1-15(2)14-26-21(20(25-22(26)28)18-8-4-5-12-24-18)19-10-9-16(3)27(19)17-7-6-11-23-13-17/h4-13,15,20-21H,14H2,1-3H3,(H,25,28)/t20-,21+/m1/s1. The lowest BCUT2D eigenvalue weighted by Crippen LogP contribution is -2.33. The third-order valence-corrected chi connectivity index (χ3v) is 5.43. The lowest BCUT2D eigenvalue weighted by molar-refractivity contribution is 0.280. The molecule has 1 N–H and O–H groups in total. The van der Waals surface area contributed by atoms with Crippen molar-refractivity contribution in [3.05, 3.63) is 78.1 Å². The Morgan fingerprint density at radius 1 is 1.11 bits per heavy atom. The molecule has 2 atom stereocenters. The minimum Gasteiger partial charge on any atom is -0.352 e. The Morgan fingerprint density at radius 2 is 1.96 bits per heavy atom. The molecule has 1 aliphatic heterocycles. The van der Waals surface area contributed by atoms with Crippen molar-refractivity contribution in [2.45, 2.75) is 32.9 Å². The van der Waals surface area contributed by atoms with Crippen molar-refractivity contribution >= 4 is 17.3 Å². The molecule has 144 valence electrons. The van der Waals surface area contributed by atoms with Crippen molar-refractivity contribution in [1.82, 2.24) is 24.8 Å². The maximum Gasteiger partial charge on any atom is 0.170 e. The average Bonchev–Trinajstić information content (AvgIpc) is 3.23. The third kappa shape index (κ3) is 3.40. The first kappa shape index (κ1) is 18.6. The van der Waals surface area contributed by atoms with Gasteiger partial charge in [-0.25, -0.2) is 0 Å². The molecule has 0 aromatic carbocycles. The highest BCUT2D eigenvalue weighted by Gasteiger charge is 2.41. The number of hydrogen-bond donors (Lipinski definition) is 1. The summed E-state index contributed by atoms with van der Waals surface area (Å²) < 4.78 is 2.27. The van der Waals surface area contributed by atoms with E-state index in [1.54, 1.807) is 6.20 Å². The van der Waals surface area contributed by atoms with Crippen molar-refractivity contribution < 1.29 is 0 Å². The third-order valence-electron chi connectivity index (χ3n) is 5.07. The molecule has 1 fully saturated rings. The zero-order valence-corrected chi connectivity index (χ0v) is 17.2. The summed E-state index contributed by atoms with van der Waals surface area (Å²) in [4.78, 5) is 11.3. The van der Waals surface area contributed by atoms with Crippen molar-refractivity contribution in [2.75, 3.05) is 6.54 Å². The first-order chi connectivity index (χ1) is 13.6. The van der Waals surface area contributed by atoms with Crippen LogP contribution >= 0.6 is 12.2 Å². The Hall–Kier alpha value is -2.73. The smallest absolute Gasteiger partial charge is 0.170 e. The van der Waals surface area contributed by atoms with Crippen LogP contribution in [-0.4, -0.2) is 31.1 Å². The van der Waals surface area contributed by atoms with Gasteiger partial charge >= 0.3 is 0 Å². The van der Waals surface area contributed by atoms with Crippen LogP contribution in [0.2, 0.25) is 0 Å². The molecule has 4 heterocycles. The van der Waals surface area contributed by atoms with Crippen molar-refractivity contribution in [3.63, 3.8) is 0 Å². The maximum absolute atomic E-state index is 5.75. The van der Waals surface area contributed by atoms with E-state index < -0.39 is 0 Å². The van der Waals surface area contributed by atoms with Gasteiger partial charge in [-0.15, -0.1) is 0 Å². The van der Waals surface area contributed by atoms with Crippen molar-refractivity contribution in [3.8, 4) is 5.69 Å². The van der Waals surface area contributed by atoms with Gasteiger partial charge in [0.25, 0.3) is 0 Å². The zero-order valence-electron chi connectivity index (χ0n) is 16.4. The van der Waals surface area contributed by atoms with Gasteiger partial charge in [0.15, 0.2) is 5.11 Å². The molecule has 6 heteroatoms. The van der Waals surface area contributed by atoms with E-state index >= 15 is 0 Å². The van der Waals surface area contributed by atoms with E-state index in [0.717, 1.165) is 23.0 Å². The Labute approximate surface area is 171 Å². The summed E-state index contributed by atoms with van der Waals surface area (Å²) in [6, 6.07) is 14.5. The van der Waals surface area contributed by atoms with E-state index in [-0.39, 0.29) is 12.1 Å². The van der Waals surface area contributed by atoms with Gasteiger partial charge in [0, 0.05) is 30.3 Å². The summed E-state index contributed by atoms with van der Waals surface area (Å²) in [7, 11) is 0. The van der Waals surface area contributed by atoms with E-state index in [1.807, 2.05) is 30.6 Å². The second-order valence-electron chi connectivity index (χ2n) is 7.62. The second-order valence-corrected chi connectivity index (χ2v) is 8.01. The van der Waals surface area contributed by atoms with Gasteiger partial charge in [-0.1, -0.05) is 19.9 Å². The number of aryl methyl sites for hydroxylation is 1. The van der Waals surface area contributed by atoms with E-state index in [2.05, 4.69) is 69.8 Å². The first-order valence-electron chi connectivity index (χ1n) is 9.63. The van der Waals surface area contributed by atoms with Crippen LogP contribution in [0, 0.1) is 12.8 Å². The van der Waals surface area contributed by atoms with Crippen LogP contribution in [0.3, 0.4) is 0 Å². The number of aromatic nitrogens is 3. The fourth-order valence-electron chi connectivity index (χ4n) is 3.95. The van der Waals surface area contributed by atoms with Gasteiger partial charge in [0.05, 0.1) is 29.7 Å². The van der Waals surface area contributed by atoms with Gasteiger partial charge in [0.1, 0.15) is 0 Å².